The zero-order valence-electron chi connectivity index (χ0n) is 19.1. The van der Waals surface area contributed by atoms with Crippen molar-refractivity contribution in [1.29, 1.82) is 0 Å². The number of urea groups is 1. The van der Waals surface area contributed by atoms with Gasteiger partial charge in [0, 0.05) is 19.3 Å². The number of hydrogen-bond donors (Lipinski definition) is 1. The number of likely N-dealkylation sites (tertiary alicyclic amines) is 1. The minimum atomic E-state index is -0.638. The Labute approximate surface area is 184 Å². The first-order chi connectivity index (χ1) is 14.9. The Kier molecular flexibility index (Phi) is 7.43. The molecule has 0 spiro atoms. The number of hydrogen-bond acceptors (Lipinski definition) is 6. The van der Waals surface area contributed by atoms with Crippen molar-refractivity contribution in [3.8, 4) is 11.5 Å². The fraction of sp³-hybridized carbons (Fsp3) is 0.565. The van der Waals surface area contributed by atoms with E-state index < -0.39 is 12.0 Å². The monoisotopic (exact) mass is 431 g/mol. The molecule has 170 valence electrons. The van der Waals surface area contributed by atoms with Gasteiger partial charge in [-0.3, -0.25) is 9.80 Å². The predicted octanol–water partition coefficient (Wildman–Crippen LogP) is 2.95. The molecule has 2 heterocycles. The standard InChI is InChI=1S/C23H33N3O5/c1-6-31-22(27)20-17(14-26-11-9-15(2)10-12-26)25(3)23(28)24-21(20)16-7-8-18(29-4)19(13-16)30-5/h7-8,13,15,21H,6,9-12,14H2,1-5H3,(H,24,28). The van der Waals surface area contributed by atoms with Gasteiger partial charge in [0.1, 0.15) is 0 Å². The van der Waals surface area contributed by atoms with E-state index in [2.05, 4.69) is 17.1 Å². The number of benzene rings is 1. The highest BCUT2D eigenvalue weighted by molar-refractivity contribution is 5.95. The molecule has 0 bridgehead atoms. The summed E-state index contributed by atoms with van der Waals surface area (Å²) in [5.74, 6) is 1.38. The number of esters is 1. The maximum absolute atomic E-state index is 13.1. The Morgan fingerprint density at radius 1 is 1.16 bits per heavy atom. The Balaban J connectivity index is 2.05. The second-order valence-electron chi connectivity index (χ2n) is 8.10. The number of rotatable bonds is 7. The highest BCUT2D eigenvalue weighted by atomic mass is 16.5. The number of piperidine rings is 1. The molecule has 1 aromatic rings. The minimum Gasteiger partial charge on any atom is -0.493 e. The minimum absolute atomic E-state index is 0.256. The average Bonchev–Trinajstić information content (AvgIpc) is 2.77. The molecule has 0 radical (unpaired) electrons. The molecule has 3 rings (SSSR count). The van der Waals surface area contributed by atoms with Crippen molar-refractivity contribution >= 4 is 12.0 Å². The quantitative estimate of drug-likeness (QED) is 0.669. The molecule has 0 aliphatic carbocycles. The Hall–Kier alpha value is -2.74. The van der Waals surface area contributed by atoms with Crippen LogP contribution >= 0.6 is 0 Å². The van der Waals surface area contributed by atoms with Gasteiger partial charge in [-0.1, -0.05) is 13.0 Å². The van der Waals surface area contributed by atoms with Gasteiger partial charge in [0.15, 0.2) is 11.5 Å². The summed E-state index contributed by atoms with van der Waals surface area (Å²) in [7, 11) is 4.82. The van der Waals surface area contributed by atoms with Gasteiger partial charge in [0.05, 0.1) is 32.4 Å². The summed E-state index contributed by atoms with van der Waals surface area (Å²) in [4.78, 5) is 29.8. The Morgan fingerprint density at radius 2 is 1.84 bits per heavy atom. The van der Waals surface area contributed by atoms with E-state index in [9.17, 15) is 9.59 Å². The van der Waals surface area contributed by atoms with Crippen LogP contribution in [0.1, 0.15) is 38.3 Å². The van der Waals surface area contributed by atoms with Crippen LogP contribution in [0.25, 0.3) is 0 Å². The summed E-state index contributed by atoms with van der Waals surface area (Å²) in [5.41, 5.74) is 1.86. The van der Waals surface area contributed by atoms with Crippen LogP contribution in [0.2, 0.25) is 0 Å². The lowest BCUT2D eigenvalue weighted by atomic mass is 9.93. The van der Waals surface area contributed by atoms with Gasteiger partial charge in [-0.25, -0.2) is 9.59 Å². The normalized spacial score (nSPS) is 20.5. The third-order valence-corrected chi connectivity index (χ3v) is 6.06. The van der Waals surface area contributed by atoms with E-state index in [1.165, 1.54) is 4.90 Å². The smallest absolute Gasteiger partial charge is 0.338 e. The van der Waals surface area contributed by atoms with Crippen LogP contribution in [-0.2, 0) is 9.53 Å². The van der Waals surface area contributed by atoms with Gasteiger partial charge < -0.3 is 19.5 Å². The van der Waals surface area contributed by atoms with Gasteiger partial charge in [0.2, 0.25) is 0 Å². The number of carbonyl (C=O) groups excluding carboxylic acids is 2. The lowest BCUT2D eigenvalue weighted by Gasteiger charge is -2.38. The van der Waals surface area contributed by atoms with Crippen LogP contribution in [0.15, 0.2) is 29.5 Å². The van der Waals surface area contributed by atoms with Gasteiger partial charge in [-0.05, 0) is 56.5 Å². The van der Waals surface area contributed by atoms with E-state index >= 15 is 0 Å². The van der Waals surface area contributed by atoms with Crippen LogP contribution in [-0.4, -0.2) is 69.3 Å². The van der Waals surface area contributed by atoms with E-state index in [0.717, 1.165) is 31.5 Å². The molecule has 1 N–H and O–H groups in total. The predicted molar refractivity (Wildman–Crippen MR) is 117 cm³/mol. The first-order valence-electron chi connectivity index (χ1n) is 10.8. The molecule has 8 heteroatoms. The molecular formula is C23H33N3O5. The van der Waals surface area contributed by atoms with Gasteiger partial charge in [0.25, 0.3) is 0 Å². The van der Waals surface area contributed by atoms with Crippen molar-refractivity contribution in [2.75, 3.05) is 47.5 Å². The first-order valence-corrected chi connectivity index (χ1v) is 10.8. The van der Waals surface area contributed by atoms with Crippen molar-refractivity contribution < 1.29 is 23.8 Å². The SMILES string of the molecule is CCOC(=O)C1=C(CN2CCC(C)CC2)N(C)C(=O)NC1c1ccc(OC)c(OC)c1. The number of ether oxygens (including phenoxy) is 3. The summed E-state index contributed by atoms with van der Waals surface area (Å²) in [6.45, 7) is 6.70. The largest absolute Gasteiger partial charge is 0.493 e. The van der Waals surface area contributed by atoms with Crippen molar-refractivity contribution in [2.45, 2.75) is 32.7 Å². The Morgan fingerprint density at radius 3 is 2.45 bits per heavy atom. The summed E-state index contributed by atoms with van der Waals surface area (Å²) in [6.07, 6.45) is 2.22. The molecule has 2 aliphatic rings. The molecule has 1 saturated heterocycles. The fourth-order valence-corrected chi connectivity index (χ4v) is 4.11. The highest BCUT2D eigenvalue weighted by Crippen LogP contribution is 2.36. The maximum atomic E-state index is 13.1. The fourth-order valence-electron chi connectivity index (χ4n) is 4.11. The van der Waals surface area contributed by atoms with Gasteiger partial charge in [-0.15, -0.1) is 0 Å². The molecule has 1 atom stereocenters. The summed E-state index contributed by atoms with van der Waals surface area (Å²) in [5, 5.41) is 2.95. The second kappa shape index (κ2) is 10.0. The van der Waals surface area contributed by atoms with Gasteiger partial charge in [-0.2, -0.15) is 0 Å². The lowest BCUT2D eigenvalue weighted by molar-refractivity contribution is -0.139. The maximum Gasteiger partial charge on any atom is 0.338 e. The number of nitrogens with zero attached hydrogens (tertiary/aromatic N) is 2. The topological polar surface area (TPSA) is 80.3 Å². The molecule has 31 heavy (non-hydrogen) atoms. The molecule has 0 saturated carbocycles. The van der Waals surface area contributed by atoms with Crippen LogP contribution in [0, 0.1) is 5.92 Å². The molecule has 1 unspecified atom stereocenters. The van der Waals surface area contributed by atoms with E-state index in [0.29, 0.717) is 35.2 Å². The number of methoxy groups -OCH3 is 2. The van der Waals surface area contributed by atoms with E-state index in [4.69, 9.17) is 14.2 Å². The zero-order valence-corrected chi connectivity index (χ0v) is 19.1. The van der Waals surface area contributed by atoms with Crippen LogP contribution in [0.4, 0.5) is 4.79 Å². The summed E-state index contributed by atoms with van der Waals surface area (Å²) in [6, 6.07) is 4.49. The van der Waals surface area contributed by atoms with Crippen LogP contribution in [0.5, 0.6) is 11.5 Å². The van der Waals surface area contributed by atoms with E-state index in [1.54, 1.807) is 40.3 Å². The van der Waals surface area contributed by atoms with Crippen LogP contribution in [0.3, 0.4) is 0 Å². The second-order valence-corrected chi connectivity index (χ2v) is 8.10. The highest BCUT2D eigenvalue weighted by Gasteiger charge is 2.38. The molecule has 1 fully saturated rings. The third kappa shape index (κ3) is 4.95. The number of carbonyl (C=O) groups is 2. The molecule has 2 aliphatic heterocycles. The van der Waals surface area contributed by atoms with Crippen molar-refractivity contribution in [1.82, 2.24) is 15.1 Å². The first kappa shape index (κ1) is 22.9. The third-order valence-electron chi connectivity index (χ3n) is 6.06. The number of amides is 2. The van der Waals surface area contributed by atoms with Gasteiger partial charge >= 0.3 is 12.0 Å². The average molecular weight is 432 g/mol. The molecule has 2 amide bonds. The number of likely N-dealkylation sites (N-methyl/N-ethyl adjacent to an activating group) is 1. The van der Waals surface area contributed by atoms with Crippen molar-refractivity contribution in [3.63, 3.8) is 0 Å². The van der Waals surface area contributed by atoms with Crippen molar-refractivity contribution in [2.24, 2.45) is 5.92 Å². The number of nitrogens with one attached hydrogen (secondary N) is 1. The zero-order chi connectivity index (χ0) is 22.5. The molecule has 1 aromatic carbocycles. The van der Waals surface area contributed by atoms with Crippen LogP contribution < -0.4 is 14.8 Å². The molecule has 8 nitrogen and oxygen atoms in total. The van der Waals surface area contributed by atoms with E-state index in [-0.39, 0.29) is 12.6 Å². The summed E-state index contributed by atoms with van der Waals surface area (Å²) < 4.78 is 16.2. The Bertz CT molecular complexity index is 846. The molecular weight excluding hydrogens is 398 g/mol. The van der Waals surface area contributed by atoms with Crippen molar-refractivity contribution in [3.05, 3.63) is 35.0 Å². The lowest BCUT2D eigenvalue weighted by Crippen LogP contribution is -2.50. The molecule has 0 aromatic heterocycles. The van der Waals surface area contributed by atoms with E-state index in [1.807, 2.05) is 6.07 Å². The summed E-state index contributed by atoms with van der Waals surface area (Å²) >= 11 is 0.